The van der Waals surface area contributed by atoms with Crippen molar-refractivity contribution in [2.75, 3.05) is 31.1 Å². The Labute approximate surface area is 138 Å². The quantitative estimate of drug-likeness (QED) is 0.788. The number of nitrogens with one attached hydrogen (secondary N) is 1. The van der Waals surface area contributed by atoms with Crippen molar-refractivity contribution >= 4 is 33.3 Å². The van der Waals surface area contributed by atoms with E-state index in [4.69, 9.17) is 0 Å². The molecule has 1 aromatic carbocycles. The molecule has 6 heteroatoms. The van der Waals surface area contributed by atoms with Crippen LogP contribution in [0.3, 0.4) is 0 Å². The highest BCUT2D eigenvalue weighted by Gasteiger charge is 2.24. The fraction of sp³-hybridized carbons (Fsp3) is 0.294. The first-order chi connectivity index (χ1) is 11.2. The molecule has 1 saturated heterocycles. The molecule has 1 aliphatic rings. The topological polar surface area (TPSA) is 52.2 Å². The highest BCUT2D eigenvalue weighted by Crippen LogP contribution is 2.21. The van der Waals surface area contributed by atoms with Crippen LogP contribution in [0, 0.1) is 6.92 Å². The van der Waals surface area contributed by atoms with Crippen LogP contribution in [0.1, 0.15) is 16.1 Å². The van der Waals surface area contributed by atoms with Crippen molar-refractivity contribution in [3.05, 3.63) is 47.1 Å². The van der Waals surface area contributed by atoms with Crippen molar-refractivity contribution in [1.29, 1.82) is 0 Å². The number of nitrogens with zero attached hydrogens (tertiary/aromatic N) is 3. The predicted octanol–water partition coefficient (Wildman–Crippen LogP) is 2.90. The molecule has 118 valence electrons. The van der Waals surface area contributed by atoms with Gasteiger partial charge in [-0.3, -0.25) is 4.79 Å². The highest BCUT2D eigenvalue weighted by molar-refractivity contribution is 7.13. The molecule has 0 spiro atoms. The summed E-state index contributed by atoms with van der Waals surface area (Å²) in [4.78, 5) is 24.5. The molecule has 0 unspecified atom stereocenters. The van der Waals surface area contributed by atoms with Crippen molar-refractivity contribution in [3.63, 3.8) is 0 Å². The van der Waals surface area contributed by atoms with E-state index < -0.39 is 0 Å². The molecule has 23 heavy (non-hydrogen) atoms. The fourth-order valence-electron chi connectivity index (χ4n) is 3.00. The van der Waals surface area contributed by atoms with Crippen LogP contribution in [-0.4, -0.2) is 47.0 Å². The number of benzene rings is 1. The summed E-state index contributed by atoms with van der Waals surface area (Å²) in [7, 11) is 0. The number of rotatable bonds is 2. The Kier molecular flexibility index (Phi) is 3.53. The maximum Gasteiger partial charge on any atom is 0.270 e. The molecule has 3 heterocycles. The third kappa shape index (κ3) is 2.70. The molecule has 4 rings (SSSR count). The van der Waals surface area contributed by atoms with Gasteiger partial charge in [0.05, 0.1) is 0 Å². The number of aryl methyl sites for hydroxylation is 1. The van der Waals surface area contributed by atoms with E-state index in [9.17, 15) is 4.79 Å². The molecule has 2 aromatic heterocycles. The van der Waals surface area contributed by atoms with Crippen molar-refractivity contribution in [1.82, 2.24) is 14.9 Å². The maximum atomic E-state index is 12.7. The molecule has 0 atom stereocenters. The van der Waals surface area contributed by atoms with E-state index in [0.29, 0.717) is 5.69 Å². The van der Waals surface area contributed by atoms with E-state index in [1.807, 2.05) is 22.5 Å². The number of fused-ring (bicyclic) bond motifs is 1. The second kappa shape index (κ2) is 5.70. The Morgan fingerprint density at radius 2 is 2.04 bits per heavy atom. The summed E-state index contributed by atoms with van der Waals surface area (Å²) >= 11 is 1.64. The molecular weight excluding hydrogens is 308 g/mol. The molecule has 1 N–H and O–H groups in total. The summed E-state index contributed by atoms with van der Waals surface area (Å²) in [5.41, 5.74) is 2.89. The first kappa shape index (κ1) is 14.3. The van der Waals surface area contributed by atoms with E-state index >= 15 is 0 Å². The molecule has 0 saturated carbocycles. The van der Waals surface area contributed by atoms with Crippen LogP contribution in [0.25, 0.3) is 10.9 Å². The number of piperazine rings is 1. The minimum atomic E-state index is 0.0811. The summed E-state index contributed by atoms with van der Waals surface area (Å²) in [6.45, 7) is 5.18. The molecule has 5 nitrogen and oxygen atoms in total. The monoisotopic (exact) mass is 326 g/mol. The van der Waals surface area contributed by atoms with Crippen LogP contribution in [0.4, 0.5) is 5.13 Å². The lowest BCUT2D eigenvalue weighted by molar-refractivity contribution is 0.0742. The van der Waals surface area contributed by atoms with Gasteiger partial charge in [0, 0.05) is 48.7 Å². The zero-order valence-corrected chi connectivity index (χ0v) is 13.8. The minimum absolute atomic E-state index is 0.0811. The van der Waals surface area contributed by atoms with Crippen LogP contribution in [0.2, 0.25) is 0 Å². The zero-order chi connectivity index (χ0) is 15.8. The lowest BCUT2D eigenvalue weighted by Gasteiger charge is -2.34. The SMILES string of the molecule is Cc1ccc2cc(C(=O)N3CCN(c4nccs4)CC3)[nH]c2c1. The second-order valence-corrected chi connectivity index (χ2v) is 6.74. The van der Waals surface area contributed by atoms with Gasteiger partial charge in [0.15, 0.2) is 5.13 Å². The third-order valence-corrected chi connectivity index (χ3v) is 5.10. The first-order valence-electron chi connectivity index (χ1n) is 7.74. The number of hydrogen-bond acceptors (Lipinski definition) is 4. The number of aromatic amines is 1. The van der Waals surface area contributed by atoms with E-state index in [2.05, 4.69) is 40.0 Å². The molecule has 3 aromatic rings. The Morgan fingerprint density at radius 1 is 1.22 bits per heavy atom. The average molecular weight is 326 g/mol. The van der Waals surface area contributed by atoms with E-state index in [-0.39, 0.29) is 5.91 Å². The smallest absolute Gasteiger partial charge is 0.270 e. The lowest BCUT2D eigenvalue weighted by atomic mass is 10.2. The number of carbonyl (C=O) groups excluding carboxylic acids is 1. The minimum Gasteiger partial charge on any atom is -0.351 e. The summed E-state index contributed by atoms with van der Waals surface area (Å²) in [5, 5.41) is 4.11. The number of amides is 1. The summed E-state index contributed by atoms with van der Waals surface area (Å²) in [6, 6.07) is 8.15. The molecule has 1 aliphatic heterocycles. The highest BCUT2D eigenvalue weighted by atomic mass is 32.1. The van der Waals surface area contributed by atoms with E-state index in [1.165, 1.54) is 5.56 Å². The van der Waals surface area contributed by atoms with Crippen LogP contribution < -0.4 is 4.90 Å². The van der Waals surface area contributed by atoms with Gasteiger partial charge in [0.2, 0.25) is 0 Å². The first-order valence-corrected chi connectivity index (χ1v) is 8.62. The van der Waals surface area contributed by atoms with Crippen LogP contribution in [0.15, 0.2) is 35.8 Å². The summed E-state index contributed by atoms with van der Waals surface area (Å²) in [5.74, 6) is 0.0811. The van der Waals surface area contributed by atoms with Crippen molar-refractivity contribution < 1.29 is 4.79 Å². The fourth-order valence-corrected chi connectivity index (χ4v) is 3.70. The molecule has 0 aliphatic carbocycles. The van der Waals surface area contributed by atoms with Gasteiger partial charge in [-0.15, -0.1) is 11.3 Å². The largest absolute Gasteiger partial charge is 0.351 e. The van der Waals surface area contributed by atoms with Gasteiger partial charge in [-0.25, -0.2) is 4.98 Å². The number of hydrogen-bond donors (Lipinski definition) is 1. The average Bonchev–Trinajstić information content (AvgIpc) is 3.23. The van der Waals surface area contributed by atoms with Crippen LogP contribution in [0.5, 0.6) is 0 Å². The van der Waals surface area contributed by atoms with Gasteiger partial charge in [-0.1, -0.05) is 12.1 Å². The van der Waals surface area contributed by atoms with Gasteiger partial charge in [0.1, 0.15) is 5.69 Å². The Bertz CT molecular complexity index is 832. The summed E-state index contributed by atoms with van der Waals surface area (Å²) in [6.07, 6.45) is 1.82. The molecule has 1 amide bonds. The van der Waals surface area contributed by atoms with Crippen LogP contribution in [-0.2, 0) is 0 Å². The number of aromatic nitrogens is 2. The summed E-state index contributed by atoms with van der Waals surface area (Å²) < 4.78 is 0. The van der Waals surface area contributed by atoms with Gasteiger partial charge in [-0.2, -0.15) is 0 Å². The Hall–Kier alpha value is -2.34. The second-order valence-electron chi connectivity index (χ2n) is 5.87. The van der Waals surface area contributed by atoms with Gasteiger partial charge < -0.3 is 14.8 Å². The number of H-pyrrole nitrogens is 1. The molecular formula is C17H18N4OS. The zero-order valence-electron chi connectivity index (χ0n) is 13.0. The number of carbonyl (C=O) groups is 1. The molecule has 1 fully saturated rings. The van der Waals surface area contributed by atoms with Crippen molar-refractivity contribution in [3.8, 4) is 0 Å². The molecule has 0 bridgehead atoms. The van der Waals surface area contributed by atoms with Gasteiger partial charge in [-0.05, 0) is 24.6 Å². The maximum absolute atomic E-state index is 12.7. The predicted molar refractivity (Wildman–Crippen MR) is 93.3 cm³/mol. The van der Waals surface area contributed by atoms with E-state index in [0.717, 1.165) is 42.2 Å². The number of thiazole rings is 1. The van der Waals surface area contributed by atoms with Crippen molar-refractivity contribution in [2.45, 2.75) is 6.92 Å². The van der Waals surface area contributed by atoms with Gasteiger partial charge >= 0.3 is 0 Å². The molecule has 0 radical (unpaired) electrons. The van der Waals surface area contributed by atoms with Gasteiger partial charge in [0.25, 0.3) is 5.91 Å². The Balaban J connectivity index is 1.48. The Morgan fingerprint density at radius 3 is 2.78 bits per heavy atom. The third-order valence-electron chi connectivity index (χ3n) is 4.27. The standard InChI is InChI=1S/C17H18N4OS/c1-12-2-3-13-11-15(19-14(13)10-12)16(22)20-5-7-21(8-6-20)17-18-4-9-23-17/h2-4,9-11,19H,5-8H2,1H3. The normalized spacial score (nSPS) is 15.3. The van der Waals surface area contributed by atoms with E-state index in [1.54, 1.807) is 11.3 Å². The van der Waals surface area contributed by atoms with Crippen LogP contribution >= 0.6 is 11.3 Å². The van der Waals surface area contributed by atoms with Crippen molar-refractivity contribution in [2.24, 2.45) is 0 Å². The lowest BCUT2D eigenvalue weighted by Crippen LogP contribution is -2.48. The number of anilines is 1.